The normalized spacial score (nSPS) is 15.3. The number of hydrogen-bond acceptors (Lipinski definition) is 2. The second kappa shape index (κ2) is 9.90. The monoisotopic (exact) mass is 323 g/mol. The number of carbonyl (C=O) groups is 1. The van der Waals surface area contributed by atoms with Crippen LogP contribution in [-0.4, -0.2) is 16.0 Å². The zero-order valence-corrected chi connectivity index (χ0v) is 15.0. The van der Waals surface area contributed by atoms with Crippen molar-refractivity contribution in [3.05, 3.63) is 29.8 Å². The van der Waals surface area contributed by atoms with E-state index in [0.29, 0.717) is 6.42 Å². The van der Waals surface area contributed by atoms with Gasteiger partial charge < -0.3 is 0 Å². The summed E-state index contributed by atoms with van der Waals surface area (Å²) in [4.78, 5) is 13.1. The van der Waals surface area contributed by atoms with Crippen molar-refractivity contribution >= 4 is 16.8 Å². The van der Waals surface area contributed by atoms with Gasteiger partial charge in [-0.3, -0.25) is 4.79 Å². The van der Waals surface area contributed by atoms with Crippen LogP contribution in [0.1, 0.15) is 58.4 Å². The Bertz CT molecular complexity index is 484. The molecule has 1 N–H and O–H groups in total. The van der Waals surface area contributed by atoms with Gasteiger partial charge in [0.1, 0.15) is 16.8 Å². The summed E-state index contributed by atoms with van der Waals surface area (Å²) < 4.78 is 15.7. The fraction of sp³-hybridized carbons (Fsp3) is 0.611. The molecule has 0 aromatic heterocycles. The fourth-order valence-electron chi connectivity index (χ4n) is 2.69. The lowest BCUT2D eigenvalue weighted by atomic mass is 9.88. The highest BCUT2D eigenvalue weighted by atomic mass is 32.2. The summed E-state index contributed by atoms with van der Waals surface area (Å²) in [6.45, 7) is 8.17. The minimum absolute atomic E-state index is 0.0174. The van der Waals surface area contributed by atoms with Crippen LogP contribution < -0.4 is 4.72 Å². The van der Waals surface area contributed by atoms with Crippen molar-refractivity contribution in [2.75, 3.05) is 0 Å². The smallest absolute Gasteiger partial charge is 0.137 e. The number of Topliss-reactive ketones (excluding diaryl/α,β-unsaturated/α-hetero) is 1. The summed E-state index contributed by atoms with van der Waals surface area (Å²) in [5, 5.41) is 0. The van der Waals surface area contributed by atoms with Crippen LogP contribution in [0.4, 0.5) is 0 Å². The van der Waals surface area contributed by atoms with E-state index in [2.05, 4.69) is 11.6 Å². The van der Waals surface area contributed by atoms with Crippen LogP contribution in [0.2, 0.25) is 0 Å². The van der Waals surface area contributed by atoms with Crippen molar-refractivity contribution in [3.8, 4) is 0 Å². The number of aryl methyl sites for hydroxylation is 1. The highest BCUT2D eigenvalue weighted by Gasteiger charge is 2.26. The van der Waals surface area contributed by atoms with Gasteiger partial charge in [-0.1, -0.05) is 44.9 Å². The maximum atomic E-state index is 12.5. The molecular formula is C18H29NO2S. The molecule has 0 spiro atoms. The highest BCUT2D eigenvalue weighted by Crippen LogP contribution is 2.19. The Kier molecular flexibility index (Phi) is 8.57. The standard InChI is InChI=1S/C18H29NO2S/c1-5-8-17(16(7-3)18(20)9-6-2)19-22(21)15-12-10-14(4)11-13-15/h10-13,16-17,19H,5-9H2,1-4H3/t16-,17+,22?/m0/s1. The van der Waals surface area contributed by atoms with Crippen molar-refractivity contribution in [2.45, 2.75) is 70.7 Å². The predicted molar refractivity (Wildman–Crippen MR) is 93.1 cm³/mol. The highest BCUT2D eigenvalue weighted by molar-refractivity contribution is 7.83. The third-order valence-corrected chi connectivity index (χ3v) is 5.15. The molecule has 22 heavy (non-hydrogen) atoms. The molecule has 0 saturated heterocycles. The fourth-order valence-corrected chi connectivity index (χ4v) is 3.77. The number of benzene rings is 1. The first-order valence-electron chi connectivity index (χ1n) is 8.30. The van der Waals surface area contributed by atoms with Gasteiger partial charge in [-0.25, -0.2) is 8.93 Å². The maximum Gasteiger partial charge on any atom is 0.137 e. The molecule has 1 aromatic carbocycles. The van der Waals surface area contributed by atoms with Gasteiger partial charge in [0, 0.05) is 18.4 Å². The number of rotatable bonds is 10. The van der Waals surface area contributed by atoms with E-state index in [4.69, 9.17) is 0 Å². The molecule has 0 aliphatic carbocycles. The number of carbonyl (C=O) groups excluding carboxylic acids is 1. The minimum Gasteiger partial charge on any atom is -0.299 e. The van der Waals surface area contributed by atoms with Crippen LogP contribution >= 0.6 is 0 Å². The summed E-state index contributed by atoms with van der Waals surface area (Å²) in [7, 11) is -1.27. The summed E-state index contributed by atoms with van der Waals surface area (Å²) in [5.74, 6) is 0.242. The molecule has 0 aliphatic heterocycles. The largest absolute Gasteiger partial charge is 0.299 e. The lowest BCUT2D eigenvalue weighted by molar-refractivity contribution is -0.123. The molecule has 124 valence electrons. The molecule has 0 saturated carbocycles. The van der Waals surface area contributed by atoms with Crippen LogP contribution in [0, 0.1) is 12.8 Å². The van der Waals surface area contributed by atoms with Gasteiger partial charge in [-0.15, -0.1) is 0 Å². The van der Waals surface area contributed by atoms with Gasteiger partial charge in [0.25, 0.3) is 0 Å². The van der Waals surface area contributed by atoms with Crippen LogP contribution in [0.15, 0.2) is 29.2 Å². The first-order chi connectivity index (χ1) is 10.5. The number of hydrogen-bond donors (Lipinski definition) is 1. The molecule has 3 atom stereocenters. The quantitative estimate of drug-likeness (QED) is 0.702. The van der Waals surface area contributed by atoms with E-state index in [1.165, 1.54) is 0 Å². The number of ketones is 1. The average molecular weight is 324 g/mol. The Balaban J connectivity index is 2.83. The average Bonchev–Trinajstić information content (AvgIpc) is 2.49. The van der Waals surface area contributed by atoms with E-state index in [-0.39, 0.29) is 17.7 Å². The van der Waals surface area contributed by atoms with Crippen LogP contribution in [0.5, 0.6) is 0 Å². The van der Waals surface area contributed by atoms with E-state index in [9.17, 15) is 9.00 Å². The summed E-state index contributed by atoms with van der Waals surface area (Å²) >= 11 is 0. The Morgan fingerprint density at radius 3 is 2.27 bits per heavy atom. The van der Waals surface area contributed by atoms with E-state index in [0.717, 1.165) is 36.1 Å². The SMILES string of the molecule is CCCC(=O)[C@@H](CC)[C@@H](CCC)NS(=O)c1ccc(C)cc1. The third-order valence-electron chi connectivity index (χ3n) is 3.93. The first kappa shape index (κ1) is 19.0. The van der Waals surface area contributed by atoms with Crippen molar-refractivity contribution in [2.24, 2.45) is 5.92 Å². The number of nitrogens with one attached hydrogen (secondary N) is 1. The maximum absolute atomic E-state index is 12.5. The molecule has 1 unspecified atom stereocenters. The Labute approximate surface area is 137 Å². The van der Waals surface area contributed by atoms with E-state index in [1.807, 2.05) is 45.0 Å². The summed E-state index contributed by atoms with van der Waals surface area (Å²) in [6, 6.07) is 7.68. The Hall–Kier alpha value is -1.00. The van der Waals surface area contributed by atoms with Gasteiger partial charge >= 0.3 is 0 Å². The van der Waals surface area contributed by atoms with Gasteiger partial charge in [0.2, 0.25) is 0 Å². The zero-order valence-electron chi connectivity index (χ0n) is 14.2. The molecule has 1 rings (SSSR count). The van der Waals surface area contributed by atoms with Gasteiger partial charge in [-0.2, -0.15) is 0 Å². The molecule has 0 heterocycles. The third kappa shape index (κ3) is 5.65. The molecule has 1 aromatic rings. The van der Waals surface area contributed by atoms with Crippen LogP contribution in [-0.2, 0) is 15.8 Å². The van der Waals surface area contributed by atoms with Crippen molar-refractivity contribution in [1.82, 2.24) is 4.72 Å². The molecule has 0 amide bonds. The molecule has 0 radical (unpaired) electrons. The topological polar surface area (TPSA) is 46.2 Å². The van der Waals surface area contributed by atoms with Gasteiger partial charge in [0.15, 0.2) is 0 Å². The molecule has 3 nitrogen and oxygen atoms in total. The molecular weight excluding hydrogens is 294 g/mol. The lowest BCUT2D eigenvalue weighted by Gasteiger charge is -2.25. The van der Waals surface area contributed by atoms with Crippen molar-refractivity contribution in [3.63, 3.8) is 0 Å². The molecule has 4 heteroatoms. The van der Waals surface area contributed by atoms with E-state index < -0.39 is 11.0 Å². The second-order valence-corrected chi connectivity index (χ2v) is 7.07. The second-order valence-electron chi connectivity index (χ2n) is 5.83. The Morgan fingerprint density at radius 2 is 1.77 bits per heavy atom. The van der Waals surface area contributed by atoms with Crippen molar-refractivity contribution in [1.29, 1.82) is 0 Å². The molecule has 0 fully saturated rings. The van der Waals surface area contributed by atoms with Gasteiger partial charge in [-0.05, 0) is 38.3 Å². The van der Waals surface area contributed by atoms with Crippen LogP contribution in [0.3, 0.4) is 0 Å². The first-order valence-corrected chi connectivity index (χ1v) is 9.45. The van der Waals surface area contributed by atoms with Gasteiger partial charge in [0.05, 0.1) is 4.90 Å². The van der Waals surface area contributed by atoms with E-state index in [1.54, 1.807) is 0 Å². The molecule has 0 bridgehead atoms. The van der Waals surface area contributed by atoms with Crippen molar-refractivity contribution < 1.29 is 9.00 Å². The Morgan fingerprint density at radius 1 is 1.14 bits per heavy atom. The minimum atomic E-state index is -1.27. The molecule has 0 aliphatic rings. The van der Waals surface area contributed by atoms with Crippen LogP contribution in [0.25, 0.3) is 0 Å². The summed E-state index contributed by atoms with van der Waals surface area (Å²) in [5.41, 5.74) is 1.15. The lowest BCUT2D eigenvalue weighted by Crippen LogP contribution is -2.40. The predicted octanol–water partition coefficient (Wildman–Crippen LogP) is 4.17. The van der Waals surface area contributed by atoms with E-state index >= 15 is 0 Å². The zero-order chi connectivity index (χ0) is 16.5. The summed E-state index contributed by atoms with van der Waals surface area (Å²) in [6.07, 6.45) is 4.11.